The number of nitrogens with zero attached hydrogens (tertiary/aromatic N) is 2. The Bertz CT molecular complexity index is 1230. The second-order valence-electron chi connectivity index (χ2n) is 8.70. The van der Waals surface area contributed by atoms with Crippen LogP contribution in [0.2, 0.25) is 0 Å². The highest BCUT2D eigenvalue weighted by Crippen LogP contribution is 2.44. The highest BCUT2D eigenvalue weighted by atomic mass is 16.5. The first-order chi connectivity index (χ1) is 18.6. The molecule has 0 bridgehead atoms. The number of nitriles is 1. The molecule has 2 aromatic carbocycles. The van der Waals surface area contributed by atoms with Gasteiger partial charge in [0.05, 0.1) is 37.9 Å². The summed E-state index contributed by atoms with van der Waals surface area (Å²) in [5, 5.41) is 10.0. The summed E-state index contributed by atoms with van der Waals surface area (Å²) < 4.78 is 28.7. The molecule has 2 aliphatic rings. The van der Waals surface area contributed by atoms with Crippen LogP contribution in [0.1, 0.15) is 30.9 Å². The minimum absolute atomic E-state index is 0.0619. The van der Waals surface area contributed by atoms with Gasteiger partial charge >= 0.3 is 5.97 Å². The number of rotatable bonds is 10. The Morgan fingerprint density at radius 1 is 1.08 bits per heavy atom. The molecule has 2 heterocycles. The van der Waals surface area contributed by atoms with Crippen molar-refractivity contribution in [3.8, 4) is 17.6 Å². The minimum atomic E-state index is -0.815. The summed E-state index contributed by atoms with van der Waals surface area (Å²) in [6, 6.07) is 16.7. The number of esters is 1. The first kappa shape index (κ1) is 27.0. The Balaban J connectivity index is 1.72. The van der Waals surface area contributed by atoms with Crippen molar-refractivity contribution in [1.82, 2.24) is 4.90 Å². The monoisotopic (exact) mass is 519 g/mol. The van der Waals surface area contributed by atoms with E-state index in [1.54, 1.807) is 19.1 Å². The number of ether oxygens (including phenoxy) is 5. The van der Waals surface area contributed by atoms with E-state index >= 15 is 0 Å². The molecule has 0 saturated carbocycles. The number of allylic oxidation sites excluding steroid dienone is 1. The molecule has 1 saturated heterocycles. The van der Waals surface area contributed by atoms with Crippen molar-refractivity contribution >= 4 is 11.7 Å². The standard InChI is InChI=1S/C29H33N3O6/c1-3-35-24-18-21(10-11-23(24)37-17-14-32-12-15-34-16-13-32)25-22(19-30)28(31)38-27(20-8-6-5-7-9-20)26(25)29(33)36-4-2/h5-11,18,25H,3-4,12-17,31H2,1-2H3/t25-/m1/s1. The predicted molar refractivity (Wildman–Crippen MR) is 141 cm³/mol. The Hall–Kier alpha value is -4.00. The van der Waals surface area contributed by atoms with Crippen LogP contribution in [-0.2, 0) is 19.0 Å². The first-order valence-electron chi connectivity index (χ1n) is 12.8. The fourth-order valence-corrected chi connectivity index (χ4v) is 4.52. The zero-order chi connectivity index (χ0) is 26.9. The second-order valence-corrected chi connectivity index (χ2v) is 8.70. The smallest absolute Gasteiger partial charge is 0.338 e. The highest BCUT2D eigenvalue weighted by Gasteiger charge is 2.38. The van der Waals surface area contributed by atoms with E-state index in [9.17, 15) is 10.1 Å². The lowest BCUT2D eigenvalue weighted by molar-refractivity contribution is -0.138. The summed E-state index contributed by atoms with van der Waals surface area (Å²) in [6.45, 7) is 8.65. The zero-order valence-corrected chi connectivity index (χ0v) is 21.8. The van der Waals surface area contributed by atoms with Crippen molar-refractivity contribution in [2.45, 2.75) is 19.8 Å². The van der Waals surface area contributed by atoms with E-state index in [-0.39, 0.29) is 29.4 Å². The van der Waals surface area contributed by atoms with Gasteiger partial charge in [-0.25, -0.2) is 4.79 Å². The summed E-state index contributed by atoms with van der Waals surface area (Å²) in [4.78, 5) is 15.6. The Morgan fingerprint density at radius 2 is 1.84 bits per heavy atom. The second kappa shape index (κ2) is 13.0. The van der Waals surface area contributed by atoms with Crippen molar-refractivity contribution in [2.24, 2.45) is 5.73 Å². The summed E-state index contributed by atoms with van der Waals surface area (Å²) in [5.41, 5.74) is 7.83. The van der Waals surface area contributed by atoms with E-state index in [1.807, 2.05) is 43.3 Å². The summed E-state index contributed by atoms with van der Waals surface area (Å²) in [6.07, 6.45) is 0. The van der Waals surface area contributed by atoms with Gasteiger partial charge in [0.15, 0.2) is 11.5 Å². The third-order valence-corrected chi connectivity index (χ3v) is 6.32. The molecule has 0 aliphatic carbocycles. The molecule has 0 aromatic heterocycles. The van der Waals surface area contributed by atoms with Crippen molar-refractivity contribution in [3.63, 3.8) is 0 Å². The van der Waals surface area contributed by atoms with E-state index in [2.05, 4.69) is 11.0 Å². The van der Waals surface area contributed by atoms with Gasteiger partial charge in [-0.2, -0.15) is 5.26 Å². The Kier molecular flexibility index (Phi) is 9.25. The fourth-order valence-electron chi connectivity index (χ4n) is 4.52. The number of carbonyl (C=O) groups is 1. The first-order valence-corrected chi connectivity index (χ1v) is 12.8. The number of hydrogen-bond donors (Lipinski definition) is 1. The van der Waals surface area contributed by atoms with Gasteiger partial charge in [0.2, 0.25) is 5.88 Å². The number of morpholine rings is 1. The van der Waals surface area contributed by atoms with Crippen LogP contribution in [0.3, 0.4) is 0 Å². The zero-order valence-electron chi connectivity index (χ0n) is 21.8. The number of hydrogen-bond acceptors (Lipinski definition) is 9. The van der Waals surface area contributed by atoms with Crippen LogP contribution in [0.25, 0.3) is 5.76 Å². The minimum Gasteiger partial charge on any atom is -0.490 e. The molecule has 2 aromatic rings. The average molecular weight is 520 g/mol. The highest BCUT2D eigenvalue weighted by molar-refractivity contribution is 6.00. The maximum absolute atomic E-state index is 13.3. The van der Waals surface area contributed by atoms with Crippen molar-refractivity contribution in [2.75, 3.05) is 52.7 Å². The van der Waals surface area contributed by atoms with Gasteiger partial charge in [0, 0.05) is 25.2 Å². The SMILES string of the molecule is CCOC(=O)C1=C(c2ccccc2)OC(N)=C(C#N)[C@H]1c1ccc(OCCN2CCOCC2)c(OCC)c1. The fraction of sp³-hybridized carbons (Fsp3) is 0.379. The van der Waals surface area contributed by atoms with Crippen molar-refractivity contribution < 1.29 is 28.5 Å². The van der Waals surface area contributed by atoms with Crippen LogP contribution < -0.4 is 15.2 Å². The Labute approximate surface area is 223 Å². The van der Waals surface area contributed by atoms with Crippen molar-refractivity contribution in [1.29, 1.82) is 5.26 Å². The van der Waals surface area contributed by atoms with E-state index in [1.165, 1.54) is 0 Å². The quantitative estimate of drug-likeness (QED) is 0.470. The van der Waals surface area contributed by atoms with E-state index in [0.717, 1.165) is 32.8 Å². The summed E-state index contributed by atoms with van der Waals surface area (Å²) >= 11 is 0. The van der Waals surface area contributed by atoms with Gasteiger partial charge in [-0.3, -0.25) is 4.90 Å². The van der Waals surface area contributed by atoms with Gasteiger partial charge in [0.1, 0.15) is 24.0 Å². The molecular formula is C29H33N3O6. The van der Waals surface area contributed by atoms with Crippen molar-refractivity contribution in [3.05, 3.63) is 76.7 Å². The van der Waals surface area contributed by atoms with Crippen LogP contribution in [0.4, 0.5) is 0 Å². The lowest BCUT2D eigenvalue weighted by Crippen LogP contribution is -2.38. The van der Waals surface area contributed by atoms with Gasteiger partial charge < -0.3 is 29.4 Å². The third-order valence-electron chi connectivity index (χ3n) is 6.32. The number of carbonyl (C=O) groups excluding carboxylic acids is 1. The van der Waals surface area contributed by atoms with Crippen LogP contribution in [-0.4, -0.2) is 63.5 Å². The molecule has 9 nitrogen and oxygen atoms in total. The number of benzene rings is 2. The molecule has 2 aliphatic heterocycles. The molecule has 0 amide bonds. The van der Waals surface area contributed by atoms with Gasteiger partial charge in [0.25, 0.3) is 0 Å². The Morgan fingerprint density at radius 3 is 2.53 bits per heavy atom. The topological polar surface area (TPSA) is 116 Å². The van der Waals surface area contributed by atoms with Crippen LogP contribution in [0.5, 0.6) is 11.5 Å². The maximum Gasteiger partial charge on any atom is 0.338 e. The summed E-state index contributed by atoms with van der Waals surface area (Å²) in [7, 11) is 0. The largest absolute Gasteiger partial charge is 0.490 e. The molecule has 0 radical (unpaired) electrons. The van der Waals surface area contributed by atoms with E-state index in [4.69, 9.17) is 29.4 Å². The third kappa shape index (κ3) is 6.10. The normalized spacial score (nSPS) is 18.0. The van der Waals surface area contributed by atoms with Gasteiger partial charge in [-0.15, -0.1) is 0 Å². The molecular weight excluding hydrogens is 486 g/mol. The predicted octanol–water partition coefficient (Wildman–Crippen LogP) is 3.58. The molecule has 2 N–H and O–H groups in total. The van der Waals surface area contributed by atoms with E-state index in [0.29, 0.717) is 35.8 Å². The van der Waals surface area contributed by atoms with Crippen LogP contribution in [0.15, 0.2) is 65.6 Å². The number of nitrogens with two attached hydrogens (primary N) is 1. The molecule has 38 heavy (non-hydrogen) atoms. The maximum atomic E-state index is 13.3. The molecule has 200 valence electrons. The lowest BCUT2D eigenvalue weighted by atomic mass is 9.82. The molecule has 1 atom stereocenters. The lowest BCUT2D eigenvalue weighted by Gasteiger charge is -2.29. The summed E-state index contributed by atoms with van der Waals surface area (Å²) in [5.74, 6) is -0.109. The molecule has 0 spiro atoms. The van der Waals surface area contributed by atoms with Crippen LogP contribution >= 0.6 is 0 Å². The average Bonchev–Trinajstić information content (AvgIpc) is 2.94. The van der Waals surface area contributed by atoms with Gasteiger partial charge in [-0.1, -0.05) is 36.4 Å². The molecule has 1 fully saturated rings. The molecule has 9 heteroatoms. The van der Waals surface area contributed by atoms with Crippen LogP contribution in [0, 0.1) is 11.3 Å². The van der Waals surface area contributed by atoms with E-state index < -0.39 is 11.9 Å². The van der Waals surface area contributed by atoms with Gasteiger partial charge in [-0.05, 0) is 31.5 Å². The molecule has 0 unspecified atom stereocenters. The molecule has 4 rings (SSSR count).